The van der Waals surface area contributed by atoms with Crippen LogP contribution in [0.15, 0.2) is 29.2 Å². The van der Waals surface area contributed by atoms with E-state index in [1.54, 1.807) is 12.1 Å². The maximum Gasteiger partial charge on any atom is 0.246 e. The first kappa shape index (κ1) is 12.0. The van der Waals surface area contributed by atoms with Crippen LogP contribution in [-0.2, 0) is 14.8 Å². The number of benzene rings is 1. The lowest BCUT2D eigenvalue weighted by Crippen LogP contribution is -2.38. The van der Waals surface area contributed by atoms with Gasteiger partial charge < -0.3 is 4.74 Å². The topological polar surface area (TPSA) is 70.4 Å². The molecule has 0 saturated carbocycles. The monoisotopic (exact) mass is 252 g/mol. The molecule has 0 atom stereocenters. The normalized spacial score (nSPS) is 17.6. The van der Waals surface area contributed by atoms with Crippen LogP contribution in [0.2, 0.25) is 0 Å². The second-order valence-electron chi connectivity index (χ2n) is 3.68. The van der Waals surface area contributed by atoms with Crippen molar-refractivity contribution in [3.8, 4) is 6.07 Å². The van der Waals surface area contributed by atoms with Crippen molar-refractivity contribution in [1.82, 2.24) is 4.31 Å². The molecule has 0 unspecified atom stereocenters. The van der Waals surface area contributed by atoms with Gasteiger partial charge in [-0.3, -0.25) is 0 Å². The Labute approximate surface area is 100 Å². The summed E-state index contributed by atoms with van der Waals surface area (Å²) in [6.07, 6.45) is 0.675. The molecule has 1 aromatic rings. The first-order chi connectivity index (χ1) is 8.16. The van der Waals surface area contributed by atoms with Crippen molar-refractivity contribution < 1.29 is 13.2 Å². The molecule has 0 aliphatic carbocycles. The molecule has 0 amide bonds. The molecular weight excluding hydrogens is 240 g/mol. The Morgan fingerprint density at radius 1 is 1.35 bits per heavy atom. The van der Waals surface area contributed by atoms with Crippen molar-refractivity contribution in [3.05, 3.63) is 29.8 Å². The number of hydrogen-bond acceptors (Lipinski definition) is 4. The zero-order valence-electron chi connectivity index (χ0n) is 9.17. The first-order valence-corrected chi connectivity index (χ1v) is 6.67. The molecule has 1 saturated heterocycles. The van der Waals surface area contributed by atoms with E-state index in [1.807, 2.05) is 6.07 Å². The summed E-state index contributed by atoms with van der Waals surface area (Å²) in [7, 11) is -3.62. The van der Waals surface area contributed by atoms with Gasteiger partial charge in [0.2, 0.25) is 10.0 Å². The van der Waals surface area contributed by atoms with E-state index in [2.05, 4.69) is 0 Å². The van der Waals surface area contributed by atoms with Crippen LogP contribution in [0.3, 0.4) is 0 Å². The van der Waals surface area contributed by atoms with Gasteiger partial charge in [0.15, 0.2) is 0 Å². The molecule has 90 valence electrons. The molecule has 6 heteroatoms. The summed E-state index contributed by atoms with van der Waals surface area (Å²) < 4.78 is 30.9. The predicted molar refractivity (Wildman–Crippen MR) is 60.5 cm³/mol. The van der Waals surface area contributed by atoms with Crippen molar-refractivity contribution >= 4 is 10.0 Å². The van der Waals surface area contributed by atoms with Crippen molar-refractivity contribution in [2.24, 2.45) is 0 Å². The van der Waals surface area contributed by atoms with Gasteiger partial charge in [0.25, 0.3) is 0 Å². The second-order valence-corrected chi connectivity index (χ2v) is 5.59. The zero-order valence-corrected chi connectivity index (χ0v) is 9.98. The standard InChI is InChI=1S/C11H12N2O3S/c12-8-10-4-1-2-5-11(10)17(14,15)13-6-3-7-16-9-13/h1-2,4-5H,3,6-7,9H2. The van der Waals surface area contributed by atoms with Crippen LogP contribution in [0.25, 0.3) is 0 Å². The Bertz CT molecular complexity index is 542. The quantitative estimate of drug-likeness (QED) is 0.785. The minimum atomic E-state index is -3.62. The Hall–Kier alpha value is -1.42. The number of rotatable bonds is 2. The lowest BCUT2D eigenvalue weighted by Gasteiger charge is -2.26. The molecule has 1 fully saturated rings. The summed E-state index contributed by atoms with van der Waals surface area (Å²) in [6, 6.07) is 8.09. The summed E-state index contributed by atoms with van der Waals surface area (Å²) in [6.45, 7) is 1.07. The Kier molecular flexibility index (Phi) is 3.43. The SMILES string of the molecule is N#Cc1ccccc1S(=O)(=O)N1CCCOC1. The molecule has 1 aliphatic rings. The van der Waals surface area contributed by atoms with Gasteiger partial charge in [-0.2, -0.15) is 9.57 Å². The predicted octanol–water partition coefficient (Wildman–Crippen LogP) is 0.927. The smallest absolute Gasteiger partial charge is 0.246 e. The maximum atomic E-state index is 12.3. The van der Waals surface area contributed by atoms with Crippen molar-refractivity contribution in [1.29, 1.82) is 5.26 Å². The van der Waals surface area contributed by atoms with Gasteiger partial charge >= 0.3 is 0 Å². The molecule has 0 bridgehead atoms. The molecule has 0 spiro atoms. The third-order valence-electron chi connectivity index (χ3n) is 2.56. The van der Waals surface area contributed by atoms with E-state index >= 15 is 0 Å². The summed E-state index contributed by atoms with van der Waals surface area (Å²) in [5, 5.41) is 8.92. The second kappa shape index (κ2) is 4.84. The minimum Gasteiger partial charge on any atom is -0.365 e. The highest BCUT2D eigenvalue weighted by atomic mass is 32.2. The average molecular weight is 252 g/mol. The van der Waals surface area contributed by atoms with E-state index < -0.39 is 10.0 Å². The van der Waals surface area contributed by atoms with Gasteiger partial charge in [0.1, 0.15) is 17.7 Å². The van der Waals surface area contributed by atoms with Crippen LogP contribution < -0.4 is 0 Å². The van der Waals surface area contributed by atoms with Gasteiger partial charge in [0, 0.05) is 13.2 Å². The van der Waals surface area contributed by atoms with E-state index in [0.717, 1.165) is 0 Å². The van der Waals surface area contributed by atoms with Crippen molar-refractivity contribution in [2.45, 2.75) is 11.3 Å². The number of ether oxygens (including phenoxy) is 1. The number of nitriles is 1. The fourth-order valence-corrected chi connectivity index (χ4v) is 3.19. The van der Waals surface area contributed by atoms with Gasteiger partial charge in [-0.25, -0.2) is 8.42 Å². The van der Waals surface area contributed by atoms with Gasteiger partial charge in [-0.1, -0.05) is 12.1 Å². The third kappa shape index (κ3) is 2.31. The molecular formula is C11H12N2O3S. The average Bonchev–Trinajstić information content (AvgIpc) is 2.39. The third-order valence-corrected chi connectivity index (χ3v) is 4.44. The highest BCUT2D eigenvalue weighted by Gasteiger charge is 2.28. The molecule has 17 heavy (non-hydrogen) atoms. The van der Waals surface area contributed by atoms with Crippen LogP contribution in [0, 0.1) is 11.3 Å². The molecule has 0 N–H and O–H groups in total. The Morgan fingerprint density at radius 2 is 2.12 bits per heavy atom. The molecule has 1 heterocycles. The number of hydrogen-bond donors (Lipinski definition) is 0. The largest absolute Gasteiger partial charge is 0.365 e. The molecule has 0 aromatic heterocycles. The Morgan fingerprint density at radius 3 is 2.76 bits per heavy atom. The van der Waals surface area contributed by atoms with Crippen molar-refractivity contribution in [3.63, 3.8) is 0 Å². The van der Waals surface area contributed by atoms with Crippen LogP contribution in [0.5, 0.6) is 0 Å². The first-order valence-electron chi connectivity index (χ1n) is 5.23. The zero-order chi connectivity index (χ0) is 12.3. The highest BCUT2D eigenvalue weighted by molar-refractivity contribution is 7.89. The van der Waals surface area contributed by atoms with E-state index in [-0.39, 0.29) is 17.2 Å². The van der Waals surface area contributed by atoms with E-state index in [4.69, 9.17) is 10.00 Å². The molecule has 0 radical (unpaired) electrons. The van der Waals surface area contributed by atoms with Crippen molar-refractivity contribution in [2.75, 3.05) is 19.9 Å². The molecule has 5 nitrogen and oxygen atoms in total. The fraction of sp³-hybridized carbons (Fsp3) is 0.364. The lowest BCUT2D eigenvalue weighted by molar-refractivity contribution is 0.0313. The van der Waals surface area contributed by atoms with Gasteiger partial charge in [-0.15, -0.1) is 0 Å². The summed E-state index contributed by atoms with van der Waals surface area (Å²) in [4.78, 5) is 0.0491. The fourth-order valence-electron chi connectivity index (χ4n) is 1.69. The molecule has 1 aliphatic heterocycles. The number of nitrogens with zero attached hydrogens (tertiary/aromatic N) is 2. The molecule has 1 aromatic carbocycles. The summed E-state index contributed by atoms with van der Waals surface area (Å²) in [5.41, 5.74) is 0.165. The summed E-state index contributed by atoms with van der Waals surface area (Å²) in [5.74, 6) is 0. The minimum absolute atomic E-state index is 0.0491. The van der Waals surface area contributed by atoms with Crippen LogP contribution in [0.4, 0.5) is 0 Å². The number of sulfonamides is 1. The van der Waals surface area contributed by atoms with E-state index in [0.29, 0.717) is 19.6 Å². The van der Waals surface area contributed by atoms with E-state index in [1.165, 1.54) is 16.4 Å². The highest BCUT2D eigenvalue weighted by Crippen LogP contribution is 2.21. The Balaban J connectivity index is 2.41. The summed E-state index contributed by atoms with van der Waals surface area (Å²) >= 11 is 0. The van der Waals surface area contributed by atoms with Crippen LogP contribution in [0.1, 0.15) is 12.0 Å². The van der Waals surface area contributed by atoms with E-state index in [9.17, 15) is 8.42 Å². The molecule has 2 rings (SSSR count). The van der Waals surface area contributed by atoms with Gasteiger partial charge in [-0.05, 0) is 18.6 Å². The van der Waals surface area contributed by atoms with Crippen LogP contribution >= 0.6 is 0 Å². The maximum absolute atomic E-state index is 12.3. The van der Waals surface area contributed by atoms with Gasteiger partial charge in [0.05, 0.1) is 5.56 Å². The lowest BCUT2D eigenvalue weighted by atomic mass is 10.2. The van der Waals surface area contributed by atoms with Crippen LogP contribution in [-0.4, -0.2) is 32.6 Å².